The van der Waals surface area contributed by atoms with Crippen LogP contribution in [-0.4, -0.2) is 18.2 Å². The minimum Gasteiger partial charge on any atom is -0.502 e. The summed E-state index contributed by atoms with van der Waals surface area (Å²) in [5.74, 6) is -0.121. The van der Waals surface area contributed by atoms with Crippen molar-refractivity contribution in [2.45, 2.75) is 51.4 Å². The van der Waals surface area contributed by atoms with Crippen molar-refractivity contribution >= 4 is 5.97 Å². The summed E-state index contributed by atoms with van der Waals surface area (Å²) in [7, 11) is 1.34. The van der Waals surface area contributed by atoms with E-state index >= 15 is 0 Å². The van der Waals surface area contributed by atoms with E-state index < -0.39 is 5.43 Å². The molecule has 0 unspecified atom stereocenters. The fraction of sp³-hybridized carbons (Fsp3) is 0.625. The molecular weight excluding hydrogens is 272 g/mol. The molecule has 0 saturated heterocycles. The Morgan fingerprint density at radius 1 is 1.43 bits per heavy atom. The molecule has 5 nitrogen and oxygen atoms in total. The van der Waals surface area contributed by atoms with Crippen LogP contribution in [0.4, 0.5) is 0 Å². The predicted molar refractivity (Wildman–Crippen MR) is 77.3 cm³/mol. The summed E-state index contributed by atoms with van der Waals surface area (Å²) in [5, 5.41) is 10.1. The van der Waals surface area contributed by atoms with Gasteiger partial charge in [-0.25, -0.2) is 0 Å². The van der Waals surface area contributed by atoms with Crippen molar-refractivity contribution in [1.29, 1.82) is 0 Å². The molecule has 1 heterocycles. The number of ether oxygens (including phenoxy) is 1. The van der Waals surface area contributed by atoms with E-state index in [4.69, 9.17) is 9.15 Å². The van der Waals surface area contributed by atoms with Crippen LogP contribution in [0.1, 0.15) is 56.0 Å². The van der Waals surface area contributed by atoms with Crippen molar-refractivity contribution in [3.05, 3.63) is 27.8 Å². The number of hydrogen-bond acceptors (Lipinski definition) is 5. The van der Waals surface area contributed by atoms with Crippen LogP contribution in [-0.2, 0) is 9.53 Å². The fourth-order valence-corrected chi connectivity index (χ4v) is 3.15. The second-order valence-corrected chi connectivity index (χ2v) is 5.72. The van der Waals surface area contributed by atoms with E-state index in [0.29, 0.717) is 5.76 Å². The largest absolute Gasteiger partial charge is 0.502 e. The van der Waals surface area contributed by atoms with Crippen LogP contribution >= 0.6 is 0 Å². The van der Waals surface area contributed by atoms with E-state index in [-0.39, 0.29) is 35.7 Å². The number of carbonyl (C=O) groups excluding carboxylic acids is 1. The highest BCUT2D eigenvalue weighted by Gasteiger charge is 2.32. The normalized spacial score (nSPS) is 17.4. The number of methoxy groups -OCH3 is 1. The third-order valence-corrected chi connectivity index (χ3v) is 4.24. The highest BCUT2D eigenvalue weighted by atomic mass is 16.5. The molecule has 1 saturated carbocycles. The highest BCUT2D eigenvalue weighted by molar-refractivity contribution is 5.70. The maximum absolute atomic E-state index is 11.8. The van der Waals surface area contributed by atoms with Crippen LogP contribution in [0.5, 0.6) is 5.75 Å². The number of aromatic hydroxyl groups is 1. The maximum Gasteiger partial charge on any atom is 0.306 e. The number of rotatable bonds is 4. The summed E-state index contributed by atoms with van der Waals surface area (Å²) >= 11 is 0. The van der Waals surface area contributed by atoms with Crippen LogP contribution in [0.25, 0.3) is 0 Å². The van der Waals surface area contributed by atoms with Gasteiger partial charge in [-0.3, -0.25) is 9.59 Å². The zero-order valence-electron chi connectivity index (χ0n) is 12.6. The van der Waals surface area contributed by atoms with Crippen LogP contribution < -0.4 is 5.43 Å². The lowest BCUT2D eigenvalue weighted by Gasteiger charge is -2.29. The monoisotopic (exact) mass is 294 g/mol. The SMILES string of the molecule is COC(=O)C[C@@H](c1oc(C)cc(=O)c1O)C1CCCCC1. The molecule has 0 aliphatic heterocycles. The van der Waals surface area contributed by atoms with E-state index in [0.717, 1.165) is 25.7 Å². The Bertz CT molecular complexity index is 554. The quantitative estimate of drug-likeness (QED) is 0.864. The van der Waals surface area contributed by atoms with Gasteiger partial charge in [0.2, 0.25) is 11.2 Å². The smallest absolute Gasteiger partial charge is 0.306 e. The first-order chi connectivity index (χ1) is 10.0. The molecule has 21 heavy (non-hydrogen) atoms. The summed E-state index contributed by atoms with van der Waals surface area (Å²) in [6.07, 6.45) is 5.45. The minimum absolute atomic E-state index is 0.126. The average Bonchev–Trinajstić information content (AvgIpc) is 2.49. The van der Waals surface area contributed by atoms with Gasteiger partial charge in [0.05, 0.1) is 13.5 Å². The molecule has 0 spiro atoms. The summed E-state index contributed by atoms with van der Waals surface area (Å²) in [4.78, 5) is 23.5. The van der Waals surface area contributed by atoms with E-state index in [1.807, 2.05) is 0 Å². The molecule has 2 rings (SSSR count). The van der Waals surface area contributed by atoms with Gasteiger partial charge in [-0.1, -0.05) is 19.3 Å². The zero-order valence-corrected chi connectivity index (χ0v) is 12.6. The molecule has 1 aliphatic rings. The first kappa shape index (κ1) is 15.6. The van der Waals surface area contributed by atoms with E-state index in [1.54, 1.807) is 6.92 Å². The Labute approximate surface area is 123 Å². The molecule has 0 radical (unpaired) electrons. The van der Waals surface area contributed by atoms with Crippen molar-refractivity contribution in [2.24, 2.45) is 5.92 Å². The summed E-state index contributed by atoms with van der Waals surface area (Å²) < 4.78 is 10.3. The molecule has 0 bridgehead atoms. The third-order valence-electron chi connectivity index (χ3n) is 4.24. The number of carbonyl (C=O) groups is 1. The van der Waals surface area contributed by atoms with Gasteiger partial charge < -0.3 is 14.3 Å². The first-order valence-corrected chi connectivity index (χ1v) is 7.43. The van der Waals surface area contributed by atoms with Gasteiger partial charge in [-0.2, -0.15) is 0 Å². The summed E-state index contributed by atoms with van der Waals surface area (Å²) in [5.41, 5.74) is -0.459. The van der Waals surface area contributed by atoms with Crippen LogP contribution in [0, 0.1) is 12.8 Å². The molecule has 116 valence electrons. The lowest BCUT2D eigenvalue weighted by atomic mass is 9.77. The molecule has 1 fully saturated rings. The Balaban J connectivity index is 2.38. The lowest BCUT2D eigenvalue weighted by Crippen LogP contribution is -2.21. The van der Waals surface area contributed by atoms with Crippen LogP contribution in [0.15, 0.2) is 15.3 Å². The topological polar surface area (TPSA) is 76.7 Å². The third kappa shape index (κ3) is 3.65. The van der Waals surface area contributed by atoms with Gasteiger partial charge in [0.15, 0.2) is 5.76 Å². The number of hydrogen-bond donors (Lipinski definition) is 1. The molecule has 0 aromatic carbocycles. The minimum atomic E-state index is -0.459. The average molecular weight is 294 g/mol. The van der Waals surface area contributed by atoms with Gasteiger partial charge in [-0.15, -0.1) is 0 Å². The Kier molecular flexibility index (Phi) is 5.04. The highest BCUT2D eigenvalue weighted by Crippen LogP contribution is 2.40. The fourth-order valence-electron chi connectivity index (χ4n) is 3.15. The van der Waals surface area contributed by atoms with Gasteiger partial charge in [0.1, 0.15) is 5.76 Å². The lowest BCUT2D eigenvalue weighted by molar-refractivity contribution is -0.141. The van der Waals surface area contributed by atoms with Gasteiger partial charge in [0.25, 0.3) is 0 Å². The molecule has 1 aliphatic carbocycles. The van der Waals surface area contributed by atoms with Crippen molar-refractivity contribution < 1.29 is 19.1 Å². The zero-order chi connectivity index (χ0) is 15.4. The Morgan fingerprint density at radius 2 is 2.10 bits per heavy atom. The van der Waals surface area contributed by atoms with Crippen molar-refractivity contribution in [1.82, 2.24) is 0 Å². The summed E-state index contributed by atoms with van der Waals surface area (Å²) in [6, 6.07) is 1.26. The number of aryl methyl sites for hydroxylation is 1. The Hall–Kier alpha value is -1.78. The molecule has 1 aromatic heterocycles. The van der Waals surface area contributed by atoms with Gasteiger partial charge in [0, 0.05) is 12.0 Å². The second kappa shape index (κ2) is 6.78. The van der Waals surface area contributed by atoms with E-state index in [9.17, 15) is 14.7 Å². The van der Waals surface area contributed by atoms with Gasteiger partial charge in [-0.05, 0) is 25.7 Å². The second-order valence-electron chi connectivity index (χ2n) is 5.72. The van der Waals surface area contributed by atoms with Crippen molar-refractivity contribution in [3.63, 3.8) is 0 Å². The van der Waals surface area contributed by atoms with Crippen molar-refractivity contribution in [2.75, 3.05) is 7.11 Å². The van der Waals surface area contributed by atoms with Crippen molar-refractivity contribution in [3.8, 4) is 5.75 Å². The number of esters is 1. The maximum atomic E-state index is 11.8. The Morgan fingerprint density at radius 3 is 2.71 bits per heavy atom. The standard InChI is InChI=1S/C16H22O5/c1-10-8-13(17)15(19)16(21-10)12(9-14(18)20-2)11-6-4-3-5-7-11/h8,11-12,19H,3-7,9H2,1-2H3/t12-/m1/s1. The molecule has 1 atom stereocenters. The van der Waals surface area contributed by atoms with Crippen LogP contribution in [0.3, 0.4) is 0 Å². The predicted octanol–water partition coefficient (Wildman–Crippen LogP) is 2.88. The molecular formula is C16H22O5. The summed E-state index contributed by atoms with van der Waals surface area (Å²) in [6.45, 7) is 1.67. The first-order valence-electron chi connectivity index (χ1n) is 7.43. The molecule has 0 amide bonds. The molecule has 1 N–H and O–H groups in total. The van der Waals surface area contributed by atoms with Gasteiger partial charge >= 0.3 is 5.97 Å². The van der Waals surface area contributed by atoms with E-state index in [2.05, 4.69) is 0 Å². The van der Waals surface area contributed by atoms with E-state index in [1.165, 1.54) is 19.6 Å². The van der Waals surface area contributed by atoms with Crippen LogP contribution in [0.2, 0.25) is 0 Å². The molecule has 1 aromatic rings. The molecule has 5 heteroatoms.